The van der Waals surface area contributed by atoms with Crippen molar-refractivity contribution in [3.8, 4) is 0 Å². The predicted molar refractivity (Wildman–Crippen MR) is 92.2 cm³/mol. The summed E-state index contributed by atoms with van der Waals surface area (Å²) in [4.78, 5) is 0. The third-order valence-electron chi connectivity index (χ3n) is 3.67. The van der Waals surface area contributed by atoms with E-state index in [0.717, 1.165) is 17.7 Å². The monoisotopic (exact) mass is 328 g/mol. The Morgan fingerprint density at radius 2 is 1.67 bits per heavy atom. The molecule has 2 rings (SSSR count). The number of hydrogen-bond donors (Lipinski definition) is 2. The van der Waals surface area contributed by atoms with E-state index in [-0.39, 0.29) is 18.4 Å². The molecule has 21 heavy (non-hydrogen) atoms. The maximum atomic E-state index is 5.93. The summed E-state index contributed by atoms with van der Waals surface area (Å²) in [7, 11) is 0. The number of nitrogens with two attached hydrogens (primary N) is 2. The molecular weight excluding hydrogens is 307 g/mol. The largest absolute Gasteiger partial charge is 0.369 e. The van der Waals surface area contributed by atoms with Crippen LogP contribution in [-0.4, -0.2) is 11.7 Å². The highest BCUT2D eigenvalue weighted by atomic mass is 35.5. The van der Waals surface area contributed by atoms with Crippen LogP contribution < -0.4 is 11.5 Å². The fourth-order valence-corrected chi connectivity index (χ4v) is 2.77. The first-order valence-electron chi connectivity index (χ1n) is 7.06. The van der Waals surface area contributed by atoms with Crippen molar-refractivity contribution in [3.05, 3.63) is 34.9 Å². The van der Waals surface area contributed by atoms with Gasteiger partial charge in [0.05, 0.1) is 5.71 Å². The Kier molecular flexibility index (Phi) is 7.54. The molecule has 1 saturated carbocycles. The molecule has 0 spiro atoms. The predicted octanol–water partition coefficient (Wildman–Crippen LogP) is 3.71. The SMILES string of the molecule is Cl.NC(N)=NN=C(CC1CCCCC1)c1ccc(Cl)cc1. The van der Waals surface area contributed by atoms with E-state index >= 15 is 0 Å². The smallest absolute Gasteiger partial charge is 0.211 e. The lowest BCUT2D eigenvalue weighted by Crippen LogP contribution is -2.22. The second-order valence-corrected chi connectivity index (χ2v) is 5.72. The highest BCUT2D eigenvalue weighted by molar-refractivity contribution is 6.30. The summed E-state index contributed by atoms with van der Waals surface area (Å²) in [5.74, 6) is 0.660. The Bertz CT molecular complexity index is 487. The molecule has 116 valence electrons. The van der Waals surface area contributed by atoms with Gasteiger partial charge in [-0.25, -0.2) is 0 Å². The van der Waals surface area contributed by atoms with Gasteiger partial charge in [0, 0.05) is 5.02 Å². The maximum Gasteiger partial charge on any atom is 0.211 e. The first kappa shape index (κ1) is 17.8. The molecule has 1 fully saturated rings. The van der Waals surface area contributed by atoms with Crippen molar-refractivity contribution in [1.82, 2.24) is 0 Å². The number of benzene rings is 1. The van der Waals surface area contributed by atoms with Gasteiger partial charge in [0.2, 0.25) is 5.96 Å². The van der Waals surface area contributed by atoms with E-state index in [9.17, 15) is 0 Å². The fraction of sp³-hybridized carbons (Fsp3) is 0.467. The Hall–Kier alpha value is -1.26. The Labute approximate surface area is 137 Å². The Morgan fingerprint density at radius 1 is 1.05 bits per heavy atom. The van der Waals surface area contributed by atoms with Gasteiger partial charge in [0.1, 0.15) is 0 Å². The van der Waals surface area contributed by atoms with Crippen molar-refractivity contribution in [3.63, 3.8) is 0 Å². The molecule has 6 heteroatoms. The molecule has 0 saturated heterocycles. The van der Waals surface area contributed by atoms with E-state index in [4.69, 9.17) is 23.1 Å². The van der Waals surface area contributed by atoms with Crippen LogP contribution in [0.3, 0.4) is 0 Å². The number of hydrogen-bond acceptors (Lipinski definition) is 2. The van der Waals surface area contributed by atoms with E-state index in [1.165, 1.54) is 32.1 Å². The minimum atomic E-state index is -0.0138. The first-order valence-corrected chi connectivity index (χ1v) is 7.44. The zero-order valence-electron chi connectivity index (χ0n) is 12.0. The average molecular weight is 329 g/mol. The van der Waals surface area contributed by atoms with Crippen molar-refractivity contribution in [2.45, 2.75) is 38.5 Å². The second kappa shape index (κ2) is 8.90. The topological polar surface area (TPSA) is 76.8 Å². The van der Waals surface area contributed by atoms with E-state index in [1.54, 1.807) is 0 Å². The molecular formula is C15H22Cl2N4. The van der Waals surface area contributed by atoms with Crippen molar-refractivity contribution < 1.29 is 0 Å². The van der Waals surface area contributed by atoms with Gasteiger partial charge in [-0.2, -0.15) is 5.10 Å². The van der Waals surface area contributed by atoms with Crippen molar-refractivity contribution in [2.75, 3.05) is 0 Å². The van der Waals surface area contributed by atoms with Gasteiger partial charge in [0.25, 0.3) is 0 Å². The normalized spacial score (nSPS) is 16.1. The van der Waals surface area contributed by atoms with Crippen LogP contribution in [0.1, 0.15) is 44.1 Å². The highest BCUT2D eigenvalue weighted by Crippen LogP contribution is 2.28. The standard InChI is InChI=1S/C15H21ClN4.ClH/c16-13-8-6-12(7-9-13)14(19-20-15(17)18)10-11-4-2-1-3-5-11;/h6-9,11H,1-5,10H2,(H4,17,18,20);1H. The summed E-state index contributed by atoms with van der Waals surface area (Å²) in [6.45, 7) is 0. The summed E-state index contributed by atoms with van der Waals surface area (Å²) in [6.07, 6.45) is 7.39. The van der Waals surface area contributed by atoms with E-state index in [1.807, 2.05) is 24.3 Å². The van der Waals surface area contributed by atoms with E-state index in [0.29, 0.717) is 10.9 Å². The average Bonchev–Trinajstić information content (AvgIpc) is 2.45. The molecule has 0 unspecified atom stereocenters. The molecule has 1 aliphatic rings. The number of halogens is 2. The molecule has 0 heterocycles. The van der Waals surface area contributed by atoms with E-state index < -0.39 is 0 Å². The number of rotatable bonds is 4. The third kappa shape index (κ3) is 5.94. The van der Waals surface area contributed by atoms with Crippen LogP contribution in [0.5, 0.6) is 0 Å². The van der Waals surface area contributed by atoms with Gasteiger partial charge in [-0.3, -0.25) is 0 Å². The lowest BCUT2D eigenvalue weighted by molar-refractivity contribution is 0.368. The maximum absolute atomic E-state index is 5.93. The molecule has 1 aromatic carbocycles. The second-order valence-electron chi connectivity index (χ2n) is 5.29. The summed E-state index contributed by atoms with van der Waals surface area (Å²) < 4.78 is 0. The molecule has 0 aliphatic heterocycles. The Balaban J connectivity index is 0.00000220. The summed E-state index contributed by atoms with van der Waals surface area (Å²) in [5.41, 5.74) is 12.7. The molecule has 0 bridgehead atoms. The molecule has 4 nitrogen and oxygen atoms in total. The van der Waals surface area contributed by atoms with Crippen molar-refractivity contribution in [2.24, 2.45) is 27.6 Å². The van der Waals surface area contributed by atoms with Gasteiger partial charge >= 0.3 is 0 Å². The quantitative estimate of drug-likeness (QED) is 0.502. The highest BCUT2D eigenvalue weighted by Gasteiger charge is 2.17. The lowest BCUT2D eigenvalue weighted by Gasteiger charge is -2.21. The molecule has 1 aliphatic carbocycles. The van der Waals surface area contributed by atoms with Gasteiger partial charge in [0.15, 0.2) is 0 Å². The summed E-state index contributed by atoms with van der Waals surface area (Å²) in [6, 6.07) is 7.66. The zero-order chi connectivity index (χ0) is 14.4. The molecule has 4 N–H and O–H groups in total. The molecule has 0 atom stereocenters. The molecule has 0 amide bonds. The van der Waals surface area contributed by atoms with Gasteiger partial charge in [-0.15, -0.1) is 17.5 Å². The summed E-state index contributed by atoms with van der Waals surface area (Å²) in [5, 5.41) is 8.76. The minimum Gasteiger partial charge on any atom is -0.369 e. The van der Waals surface area contributed by atoms with Gasteiger partial charge in [-0.05, 0) is 30.0 Å². The Morgan fingerprint density at radius 3 is 2.24 bits per heavy atom. The van der Waals surface area contributed by atoms with Gasteiger partial charge < -0.3 is 11.5 Å². The van der Waals surface area contributed by atoms with Crippen LogP contribution in [0, 0.1) is 5.92 Å². The number of nitrogens with zero attached hydrogens (tertiary/aromatic N) is 2. The van der Waals surface area contributed by atoms with Crippen LogP contribution in [0.4, 0.5) is 0 Å². The minimum absolute atomic E-state index is 0. The van der Waals surface area contributed by atoms with Crippen molar-refractivity contribution >= 4 is 35.7 Å². The van der Waals surface area contributed by atoms with E-state index in [2.05, 4.69) is 10.2 Å². The van der Waals surface area contributed by atoms with Crippen LogP contribution in [0.2, 0.25) is 5.02 Å². The van der Waals surface area contributed by atoms with Crippen LogP contribution in [0.25, 0.3) is 0 Å². The first-order chi connectivity index (χ1) is 9.65. The van der Waals surface area contributed by atoms with Crippen molar-refractivity contribution in [1.29, 1.82) is 0 Å². The summed E-state index contributed by atoms with van der Waals surface area (Å²) >= 11 is 5.93. The molecule has 0 radical (unpaired) electrons. The van der Waals surface area contributed by atoms with Gasteiger partial charge in [-0.1, -0.05) is 55.8 Å². The van der Waals surface area contributed by atoms with Crippen LogP contribution >= 0.6 is 24.0 Å². The van der Waals surface area contributed by atoms with Crippen LogP contribution in [-0.2, 0) is 0 Å². The fourth-order valence-electron chi connectivity index (χ4n) is 2.64. The molecule has 0 aromatic heterocycles. The lowest BCUT2D eigenvalue weighted by atomic mass is 9.84. The third-order valence-corrected chi connectivity index (χ3v) is 3.92. The molecule has 1 aromatic rings. The van der Waals surface area contributed by atoms with Crippen LogP contribution in [0.15, 0.2) is 34.5 Å². The zero-order valence-corrected chi connectivity index (χ0v) is 13.5. The number of guanidine groups is 1.